The average Bonchev–Trinajstić information content (AvgIpc) is 2.84. The number of benzene rings is 1. The van der Waals surface area contributed by atoms with E-state index in [0.29, 0.717) is 11.6 Å². The van der Waals surface area contributed by atoms with Crippen LogP contribution >= 0.6 is 7.14 Å². The number of rotatable bonds is 2. The van der Waals surface area contributed by atoms with E-state index >= 15 is 0 Å². The van der Waals surface area contributed by atoms with Crippen LogP contribution in [0.25, 0.3) is 0 Å². The maximum Gasteiger partial charge on any atom is 0.112 e. The van der Waals surface area contributed by atoms with Crippen molar-refractivity contribution in [3.05, 3.63) is 23.3 Å². The minimum atomic E-state index is -2.26. The van der Waals surface area contributed by atoms with E-state index in [2.05, 4.69) is 13.0 Å². The summed E-state index contributed by atoms with van der Waals surface area (Å²) in [5, 5.41) is 0.895. The van der Waals surface area contributed by atoms with Gasteiger partial charge in [0.15, 0.2) is 0 Å². The van der Waals surface area contributed by atoms with E-state index in [9.17, 15) is 4.57 Å². The van der Waals surface area contributed by atoms with Crippen molar-refractivity contribution in [1.82, 2.24) is 0 Å². The molecule has 1 aromatic carbocycles. The van der Waals surface area contributed by atoms with Gasteiger partial charge in [-0.1, -0.05) is 6.07 Å². The molecule has 0 radical (unpaired) electrons. The molecule has 82 valence electrons. The summed E-state index contributed by atoms with van der Waals surface area (Å²) in [5.41, 5.74) is 9.12. The molecular weight excluding hydrogens is 205 g/mol. The summed E-state index contributed by atoms with van der Waals surface area (Å²) in [5.74, 6) is 0.691. The highest BCUT2D eigenvalue weighted by Crippen LogP contribution is 2.45. The lowest BCUT2D eigenvalue weighted by Gasteiger charge is -2.17. The molecule has 1 fully saturated rings. The molecule has 0 unspecified atom stereocenters. The molecule has 2 N–H and O–H groups in total. The molecule has 1 saturated carbocycles. The third-order valence-electron chi connectivity index (χ3n) is 3.06. The van der Waals surface area contributed by atoms with Gasteiger partial charge < -0.3 is 10.3 Å². The molecule has 0 bridgehead atoms. The first kappa shape index (κ1) is 10.8. The first-order chi connectivity index (χ1) is 6.91. The quantitative estimate of drug-likeness (QED) is 0.618. The Morgan fingerprint density at radius 2 is 1.93 bits per heavy atom. The lowest BCUT2D eigenvalue weighted by molar-refractivity contribution is 0.588. The molecule has 0 spiro atoms. The third kappa shape index (κ3) is 1.96. The third-order valence-corrected chi connectivity index (χ3v) is 4.73. The average molecular weight is 223 g/mol. The fourth-order valence-electron chi connectivity index (χ4n) is 2.29. The van der Waals surface area contributed by atoms with Crippen molar-refractivity contribution >= 4 is 18.1 Å². The zero-order valence-corrected chi connectivity index (χ0v) is 10.5. The first-order valence-corrected chi connectivity index (χ1v) is 7.96. The van der Waals surface area contributed by atoms with Crippen LogP contribution in [0.3, 0.4) is 0 Å². The highest BCUT2D eigenvalue weighted by atomic mass is 31.2. The van der Waals surface area contributed by atoms with E-state index in [4.69, 9.17) is 5.73 Å². The second-order valence-electron chi connectivity index (χ2n) is 4.84. The van der Waals surface area contributed by atoms with Gasteiger partial charge in [-0.25, -0.2) is 0 Å². The van der Waals surface area contributed by atoms with Crippen molar-refractivity contribution < 1.29 is 4.57 Å². The van der Waals surface area contributed by atoms with Gasteiger partial charge >= 0.3 is 0 Å². The van der Waals surface area contributed by atoms with Crippen LogP contribution in [0.15, 0.2) is 12.1 Å². The van der Waals surface area contributed by atoms with Crippen LogP contribution in [0.4, 0.5) is 5.69 Å². The van der Waals surface area contributed by atoms with E-state index in [1.807, 2.05) is 6.07 Å². The van der Waals surface area contributed by atoms with Crippen molar-refractivity contribution in [1.29, 1.82) is 0 Å². The summed E-state index contributed by atoms with van der Waals surface area (Å²) in [4.78, 5) is 0. The van der Waals surface area contributed by atoms with Gasteiger partial charge in [-0.05, 0) is 56.2 Å². The number of anilines is 1. The Hall–Kier alpha value is -0.750. The van der Waals surface area contributed by atoms with E-state index in [-0.39, 0.29) is 0 Å². The molecule has 0 atom stereocenters. The molecule has 2 nitrogen and oxygen atoms in total. The molecule has 0 heterocycles. The van der Waals surface area contributed by atoms with Gasteiger partial charge in [-0.2, -0.15) is 0 Å². The summed E-state index contributed by atoms with van der Waals surface area (Å²) in [6.07, 6.45) is 2.53. The predicted molar refractivity (Wildman–Crippen MR) is 66.7 cm³/mol. The van der Waals surface area contributed by atoms with E-state index < -0.39 is 7.14 Å². The largest absolute Gasteiger partial charge is 0.398 e. The lowest BCUT2D eigenvalue weighted by atomic mass is 10.0. The zero-order chi connectivity index (χ0) is 11.2. The van der Waals surface area contributed by atoms with Crippen LogP contribution in [0.2, 0.25) is 0 Å². The smallest absolute Gasteiger partial charge is 0.112 e. The van der Waals surface area contributed by atoms with Gasteiger partial charge in [0, 0.05) is 11.0 Å². The Bertz CT molecular complexity index is 443. The van der Waals surface area contributed by atoms with E-state index in [1.54, 1.807) is 13.3 Å². The number of nitrogen functional groups attached to an aromatic ring is 1. The predicted octanol–water partition coefficient (Wildman–Crippen LogP) is 2.70. The Labute approximate surface area is 91.2 Å². The molecule has 3 heteroatoms. The molecule has 15 heavy (non-hydrogen) atoms. The number of hydrogen-bond acceptors (Lipinski definition) is 2. The van der Waals surface area contributed by atoms with Crippen LogP contribution < -0.4 is 11.0 Å². The molecule has 1 aromatic rings. The Kier molecular flexibility index (Phi) is 2.42. The monoisotopic (exact) mass is 223 g/mol. The Balaban J connectivity index is 2.61. The molecular formula is C12H18NOP. The SMILES string of the molecule is Cc1c(C2CC2)ccc(N)c1P(C)(C)=O. The van der Waals surface area contributed by atoms with Crippen molar-refractivity contribution in [2.45, 2.75) is 25.7 Å². The van der Waals surface area contributed by atoms with Gasteiger partial charge in [0.1, 0.15) is 7.14 Å². The molecule has 2 rings (SSSR count). The number of hydrogen-bond donors (Lipinski definition) is 1. The number of nitrogens with two attached hydrogens (primary N) is 1. The van der Waals surface area contributed by atoms with Crippen molar-refractivity contribution in [3.63, 3.8) is 0 Å². The second-order valence-corrected chi connectivity index (χ2v) is 7.99. The molecule has 0 aromatic heterocycles. The highest BCUT2D eigenvalue weighted by Gasteiger charge is 2.28. The van der Waals surface area contributed by atoms with Crippen LogP contribution in [0.1, 0.15) is 29.9 Å². The van der Waals surface area contributed by atoms with Gasteiger partial charge in [-0.15, -0.1) is 0 Å². The highest BCUT2D eigenvalue weighted by molar-refractivity contribution is 7.70. The summed E-state index contributed by atoms with van der Waals surface area (Å²) < 4.78 is 12.2. The summed E-state index contributed by atoms with van der Waals surface area (Å²) in [7, 11) is -2.26. The topological polar surface area (TPSA) is 43.1 Å². The normalized spacial score (nSPS) is 16.7. The fourth-order valence-corrected chi connectivity index (χ4v) is 3.92. The zero-order valence-electron chi connectivity index (χ0n) is 9.58. The van der Waals surface area contributed by atoms with Crippen LogP contribution in [0, 0.1) is 6.92 Å². The molecule has 0 amide bonds. The molecule has 0 aliphatic heterocycles. The molecule has 1 aliphatic rings. The van der Waals surface area contributed by atoms with Crippen LogP contribution in [-0.2, 0) is 4.57 Å². The van der Waals surface area contributed by atoms with Crippen molar-refractivity contribution in [2.24, 2.45) is 0 Å². The van der Waals surface area contributed by atoms with Crippen LogP contribution in [0.5, 0.6) is 0 Å². The van der Waals surface area contributed by atoms with Gasteiger partial charge in [0.2, 0.25) is 0 Å². The van der Waals surface area contributed by atoms with Gasteiger partial charge in [0.25, 0.3) is 0 Å². The minimum Gasteiger partial charge on any atom is -0.398 e. The van der Waals surface area contributed by atoms with Crippen molar-refractivity contribution in [3.8, 4) is 0 Å². The standard InChI is InChI=1S/C12H18NOP/c1-8-10(9-4-5-9)6-7-11(13)12(8)15(2,3)14/h6-7,9H,4-5,13H2,1-3H3. The first-order valence-electron chi connectivity index (χ1n) is 5.36. The Morgan fingerprint density at radius 1 is 1.33 bits per heavy atom. The summed E-state index contributed by atoms with van der Waals surface area (Å²) >= 11 is 0. The van der Waals surface area contributed by atoms with Crippen molar-refractivity contribution in [2.75, 3.05) is 19.1 Å². The maximum atomic E-state index is 12.2. The molecule has 1 aliphatic carbocycles. The molecule has 0 saturated heterocycles. The Morgan fingerprint density at radius 3 is 2.40 bits per heavy atom. The fraction of sp³-hybridized carbons (Fsp3) is 0.500. The van der Waals surface area contributed by atoms with E-state index in [0.717, 1.165) is 10.9 Å². The lowest BCUT2D eigenvalue weighted by Crippen LogP contribution is -2.15. The van der Waals surface area contributed by atoms with Gasteiger partial charge in [-0.3, -0.25) is 0 Å². The minimum absolute atomic E-state index is 0.685. The van der Waals surface area contributed by atoms with Crippen LogP contribution in [-0.4, -0.2) is 13.3 Å². The van der Waals surface area contributed by atoms with Gasteiger partial charge in [0.05, 0.1) is 0 Å². The maximum absolute atomic E-state index is 12.2. The second kappa shape index (κ2) is 3.38. The van der Waals surface area contributed by atoms with E-state index in [1.165, 1.54) is 18.4 Å². The summed E-state index contributed by atoms with van der Waals surface area (Å²) in [6, 6.07) is 4.01. The summed E-state index contributed by atoms with van der Waals surface area (Å²) in [6.45, 7) is 5.64.